The first-order valence-corrected chi connectivity index (χ1v) is 8.83. The van der Waals surface area contributed by atoms with Crippen LogP contribution in [-0.4, -0.2) is 54.3 Å². The van der Waals surface area contributed by atoms with Gasteiger partial charge in [0.2, 0.25) is 0 Å². The molecule has 0 spiro atoms. The molecular weight excluding hydrogens is 298 g/mol. The summed E-state index contributed by atoms with van der Waals surface area (Å²) in [6.45, 7) is 10.3. The van der Waals surface area contributed by atoms with Crippen LogP contribution >= 0.6 is 11.3 Å². The minimum atomic E-state index is -3.55. The molecule has 0 saturated carbocycles. The highest BCUT2D eigenvalue weighted by molar-refractivity contribution is 7.91. The molecule has 0 aromatic carbocycles. The number of aromatic amines is 1. The molecule has 20 heavy (non-hydrogen) atoms. The van der Waals surface area contributed by atoms with E-state index in [1.54, 1.807) is 6.92 Å². The van der Waals surface area contributed by atoms with Crippen LogP contribution in [0.2, 0.25) is 0 Å². The SMILES string of the molecule is Cc1[nH]c(=O)sc1S(=O)(=O)N1CCN(C(C)(C)C)CC1. The molecule has 0 aliphatic carbocycles. The molecule has 1 N–H and O–H groups in total. The molecule has 0 radical (unpaired) electrons. The van der Waals surface area contributed by atoms with Crippen molar-refractivity contribution in [3.63, 3.8) is 0 Å². The Morgan fingerprint density at radius 2 is 1.70 bits per heavy atom. The highest BCUT2D eigenvalue weighted by Gasteiger charge is 2.34. The van der Waals surface area contributed by atoms with Crippen molar-refractivity contribution >= 4 is 21.4 Å². The molecule has 2 heterocycles. The molecule has 0 unspecified atom stereocenters. The van der Waals surface area contributed by atoms with E-state index in [0.717, 1.165) is 11.3 Å². The van der Waals surface area contributed by atoms with E-state index in [1.165, 1.54) is 4.31 Å². The average Bonchev–Trinajstić information content (AvgIpc) is 2.68. The van der Waals surface area contributed by atoms with Crippen molar-refractivity contribution in [3.8, 4) is 0 Å². The molecular formula is C12H21N3O3S2. The van der Waals surface area contributed by atoms with Gasteiger partial charge in [-0.2, -0.15) is 4.31 Å². The van der Waals surface area contributed by atoms with E-state index in [-0.39, 0.29) is 14.6 Å². The summed E-state index contributed by atoms with van der Waals surface area (Å²) in [6, 6.07) is 0. The third-order valence-electron chi connectivity index (χ3n) is 3.54. The first-order chi connectivity index (χ1) is 9.12. The molecule has 1 saturated heterocycles. The van der Waals surface area contributed by atoms with Gasteiger partial charge in [-0.15, -0.1) is 0 Å². The minimum Gasteiger partial charge on any atom is -0.315 e. The Labute approximate surface area is 123 Å². The maximum Gasteiger partial charge on any atom is 0.305 e. The van der Waals surface area contributed by atoms with Gasteiger partial charge >= 0.3 is 4.87 Å². The maximum atomic E-state index is 12.5. The van der Waals surface area contributed by atoms with Gasteiger partial charge in [-0.25, -0.2) is 8.42 Å². The monoisotopic (exact) mass is 319 g/mol. The van der Waals surface area contributed by atoms with Crippen molar-refractivity contribution in [1.29, 1.82) is 0 Å². The van der Waals surface area contributed by atoms with Crippen molar-refractivity contribution in [3.05, 3.63) is 15.4 Å². The molecule has 0 bridgehead atoms. The quantitative estimate of drug-likeness (QED) is 0.877. The Morgan fingerprint density at radius 1 is 1.15 bits per heavy atom. The van der Waals surface area contributed by atoms with E-state index >= 15 is 0 Å². The van der Waals surface area contributed by atoms with Gasteiger partial charge in [-0.1, -0.05) is 11.3 Å². The van der Waals surface area contributed by atoms with Crippen LogP contribution in [0, 0.1) is 6.92 Å². The van der Waals surface area contributed by atoms with Gasteiger partial charge in [-0.05, 0) is 27.7 Å². The van der Waals surface area contributed by atoms with Crippen LogP contribution in [0.3, 0.4) is 0 Å². The zero-order valence-electron chi connectivity index (χ0n) is 12.3. The molecule has 1 aromatic rings. The largest absolute Gasteiger partial charge is 0.315 e. The van der Waals surface area contributed by atoms with E-state index in [0.29, 0.717) is 31.9 Å². The third-order valence-corrected chi connectivity index (χ3v) is 7.02. The number of hydrogen-bond donors (Lipinski definition) is 1. The number of aromatic nitrogens is 1. The van der Waals surface area contributed by atoms with Crippen LogP contribution in [0.25, 0.3) is 0 Å². The molecule has 2 rings (SSSR count). The summed E-state index contributed by atoms with van der Waals surface area (Å²) < 4.78 is 26.7. The highest BCUT2D eigenvalue weighted by atomic mass is 32.2. The molecule has 0 amide bonds. The predicted octanol–water partition coefficient (Wildman–Crippen LogP) is 0.850. The van der Waals surface area contributed by atoms with Crippen LogP contribution < -0.4 is 4.87 Å². The number of hydrogen-bond acceptors (Lipinski definition) is 5. The summed E-state index contributed by atoms with van der Waals surface area (Å²) in [7, 11) is -3.55. The zero-order chi connectivity index (χ0) is 15.1. The van der Waals surface area contributed by atoms with Gasteiger partial charge in [0, 0.05) is 37.4 Å². The number of H-pyrrole nitrogens is 1. The Kier molecular flexibility index (Phi) is 4.12. The molecule has 1 aliphatic heterocycles. The molecule has 1 aromatic heterocycles. The van der Waals surface area contributed by atoms with E-state index in [9.17, 15) is 13.2 Å². The van der Waals surface area contributed by atoms with Crippen molar-refractivity contribution in [2.75, 3.05) is 26.2 Å². The second kappa shape index (κ2) is 5.25. The van der Waals surface area contributed by atoms with Gasteiger partial charge < -0.3 is 4.98 Å². The Morgan fingerprint density at radius 3 is 2.10 bits per heavy atom. The lowest BCUT2D eigenvalue weighted by Gasteiger charge is -2.41. The summed E-state index contributed by atoms with van der Waals surface area (Å²) in [4.78, 5) is 15.8. The Balaban J connectivity index is 2.18. The fourth-order valence-corrected chi connectivity index (χ4v) is 5.21. The number of nitrogens with one attached hydrogen (secondary N) is 1. The van der Waals surface area contributed by atoms with Gasteiger partial charge in [0.25, 0.3) is 10.0 Å². The third kappa shape index (κ3) is 2.98. The van der Waals surface area contributed by atoms with Crippen molar-refractivity contribution in [2.24, 2.45) is 0 Å². The first kappa shape index (κ1) is 15.7. The van der Waals surface area contributed by atoms with Crippen LogP contribution in [0.4, 0.5) is 0 Å². The summed E-state index contributed by atoms with van der Waals surface area (Å²) in [5, 5.41) is 0. The first-order valence-electron chi connectivity index (χ1n) is 6.57. The number of sulfonamides is 1. The van der Waals surface area contributed by atoms with Crippen molar-refractivity contribution < 1.29 is 8.42 Å². The van der Waals surface area contributed by atoms with E-state index in [1.807, 2.05) is 0 Å². The number of rotatable bonds is 2. The standard InChI is InChI=1S/C12H21N3O3S2/c1-9-10(19-11(16)13-9)20(17,18)15-7-5-14(6-8-15)12(2,3)4/h5-8H2,1-4H3,(H,13,16). The fourth-order valence-electron chi connectivity index (χ4n) is 2.35. The molecule has 1 aliphatic rings. The molecule has 0 atom stereocenters. The lowest BCUT2D eigenvalue weighted by molar-refractivity contribution is 0.0922. The molecule has 114 valence electrons. The molecule has 8 heteroatoms. The lowest BCUT2D eigenvalue weighted by atomic mass is 10.1. The smallest absolute Gasteiger partial charge is 0.305 e. The number of thiazole rings is 1. The normalized spacial score (nSPS) is 19.4. The van der Waals surface area contributed by atoms with Crippen molar-refractivity contribution in [1.82, 2.24) is 14.2 Å². The topological polar surface area (TPSA) is 73.5 Å². The van der Waals surface area contributed by atoms with Gasteiger partial charge in [0.05, 0.1) is 0 Å². The van der Waals surface area contributed by atoms with Gasteiger partial charge in [0.15, 0.2) is 4.21 Å². The predicted molar refractivity (Wildman–Crippen MR) is 79.8 cm³/mol. The van der Waals surface area contributed by atoms with E-state index in [2.05, 4.69) is 30.7 Å². The number of nitrogens with zero attached hydrogens (tertiary/aromatic N) is 2. The lowest BCUT2D eigenvalue weighted by Crippen LogP contribution is -2.54. The minimum absolute atomic E-state index is 0.0463. The number of aryl methyl sites for hydroxylation is 1. The van der Waals surface area contributed by atoms with Crippen LogP contribution in [0.1, 0.15) is 26.5 Å². The summed E-state index contributed by atoms with van der Waals surface area (Å²) in [6.07, 6.45) is 0. The summed E-state index contributed by atoms with van der Waals surface area (Å²) in [5.41, 5.74) is 0.475. The van der Waals surface area contributed by atoms with Crippen LogP contribution in [-0.2, 0) is 10.0 Å². The van der Waals surface area contributed by atoms with Gasteiger partial charge in [-0.3, -0.25) is 9.69 Å². The average molecular weight is 319 g/mol. The van der Waals surface area contributed by atoms with Crippen LogP contribution in [0.5, 0.6) is 0 Å². The van der Waals surface area contributed by atoms with Crippen LogP contribution in [0.15, 0.2) is 9.00 Å². The second-order valence-electron chi connectivity index (χ2n) is 5.99. The van der Waals surface area contributed by atoms with Gasteiger partial charge in [0.1, 0.15) is 0 Å². The van der Waals surface area contributed by atoms with E-state index in [4.69, 9.17) is 0 Å². The van der Waals surface area contributed by atoms with Crippen molar-refractivity contribution in [2.45, 2.75) is 37.4 Å². The Hall–Kier alpha value is -0.700. The van der Waals surface area contributed by atoms with E-state index < -0.39 is 10.0 Å². The summed E-state index contributed by atoms with van der Waals surface area (Å²) in [5.74, 6) is 0. The maximum absolute atomic E-state index is 12.5. The highest BCUT2D eigenvalue weighted by Crippen LogP contribution is 2.24. The second-order valence-corrected chi connectivity index (χ2v) is 9.11. The number of piperazine rings is 1. The Bertz CT molecular complexity index is 632. The fraction of sp³-hybridized carbons (Fsp3) is 0.750. The zero-order valence-corrected chi connectivity index (χ0v) is 13.9. The summed E-state index contributed by atoms with van der Waals surface area (Å²) >= 11 is 0.767. The molecule has 1 fully saturated rings. The molecule has 6 nitrogen and oxygen atoms in total.